The van der Waals surface area contributed by atoms with E-state index in [0.717, 1.165) is 46.7 Å². The van der Waals surface area contributed by atoms with Gasteiger partial charge in [0.05, 0.1) is 17.7 Å². The molecule has 0 unspecified atom stereocenters. The molecule has 0 atom stereocenters. The summed E-state index contributed by atoms with van der Waals surface area (Å²) in [4.78, 5) is 9.28. The summed E-state index contributed by atoms with van der Waals surface area (Å²) in [6, 6.07) is 22.4. The van der Waals surface area contributed by atoms with Crippen molar-refractivity contribution in [3.63, 3.8) is 0 Å². The predicted octanol–water partition coefficient (Wildman–Crippen LogP) is 4.51. The lowest BCUT2D eigenvalue weighted by Crippen LogP contribution is -2.05. The van der Waals surface area contributed by atoms with Gasteiger partial charge in [-0.15, -0.1) is 0 Å². The highest BCUT2D eigenvalue weighted by Gasteiger charge is 2.15. The Hall–Kier alpha value is -3.68. The third-order valence-electron chi connectivity index (χ3n) is 5.06. The van der Waals surface area contributed by atoms with Gasteiger partial charge in [-0.3, -0.25) is 4.98 Å². The lowest BCUT2D eigenvalue weighted by molar-refractivity contribution is 0.350. The fourth-order valence-corrected chi connectivity index (χ4v) is 3.52. The molecule has 4 nitrogen and oxygen atoms in total. The predicted molar refractivity (Wildman–Crippen MR) is 120 cm³/mol. The number of aliphatic hydroxyl groups is 1. The number of aliphatic hydroxyl groups excluding tert-OH is 1. The monoisotopic (exact) mass is 393 g/mol. The lowest BCUT2D eigenvalue weighted by atomic mass is 10.0. The average Bonchev–Trinajstić information content (AvgIpc) is 3.22. The first-order chi connectivity index (χ1) is 14.8. The quantitative estimate of drug-likeness (QED) is 0.508. The molecule has 0 saturated carbocycles. The van der Waals surface area contributed by atoms with E-state index in [9.17, 15) is 0 Å². The van der Waals surface area contributed by atoms with Crippen LogP contribution in [0.25, 0.3) is 22.5 Å². The Morgan fingerprint density at radius 3 is 2.43 bits per heavy atom. The second kappa shape index (κ2) is 9.21. The standard InChI is InChI=1S/C26H23N3O/c1-20-7-5-16-27-24(20)15-17-29-19-28-25(22-9-3-2-4-10-22)26(29)23-13-11-21(12-14-23)8-6-18-30/h2-5,7,9-14,16,19,30H,15,17-18H2,1H3. The van der Waals surface area contributed by atoms with E-state index in [4.69, 9.17) is 10.1 Å². The van der Waals surface area contributed by atoms with Crippen LogP contribution in [-0.2, 0) is 13.0 Å². The van der Waals surface area contributed by atoms with Crippen LogP contribution in [0.5, 0.6) is 0 Å². The van der Waals surface area contributed by atoms with Crippen molar-refractivity contribution in [3.05, 3.63) is 96.1 Å². The van der Waals surface area contributed by atoms with E-state index in [1.807, 2.05) is 48.9 Å². The molecule has 4 heteroatoms. The molecule has 2 aromatic carbocycles. The molecule has 0 aliphatic rings. The zero-order chi connectivity index (χ0) is 20.8. The number of imidazole rings is 1. The minimum atomic E-state index is -0.139. The van der Waals surface area contributed by atoms with Crippen LogP contribution in [0.2, 0.25) is 0 Å². The maximum absolute atomic E-state index is 8.91. The fraction of sp³-hybridized carbons (Fsp3) is 0.154. The summed E-state index contributed by atoms with van der Waals surface area (Å²) in [5.41, 5.74) is 7.40. The van der Waals surface area contributed by atoms with Gasteiger partial charge in [-0.25, -0.2) is 4.98 Å². The molecule has 4 rings (SSSR count). The molecule has 2 heterocycles. The number of aryl methyl sites for hydroxylation is 3. The van der Waals surface area contributed by atoms with Crippen molar-refractivity contribution < 1.29 is 5.11 Å². The zero-order valence-electron chi connectivity index (χ0n) is 16.9. The van der Waals surface area contributed by atoms with Gasteiger partial charge in [-0.05, 0) is 30.7 Å². The summed E-state index contributed by atoms with van der Waals surface area (Å²) in [6.45, 7) is 2.75. The average molecular weight is 393 g/mol. The molecule has 0 spiro atoms. The largest absolute Gasteiger partial charge is 0.384 e. The van der Waals surface area contributed by atoms with Crippen LogP contribution in [0.15, 0.2) is 79.3 Å². The first-order valence-electron chi connectivity index (χ1n) is 9.97. The molecule has 1 N–H and O–H groups in total. The Morgan fingerprint density at radius 2 is 1.70 bits per heavy atom. The smallest absolute Gasteiger partial charge is 0.104 e. The summed E-state index contributed by atoms with van der Waals surface area (Å²) < 4.78 is 2.20. The van der Waals surface area contributed by atoms with Crippen LogP contribution in [0, 0.1) is 18.8 Å². The molecular weight excluding hydrogens is 370 g/mol. The van der Waals surface area contributed by atoms with Crippen molar-refractivity contribution in [3.8, 4) is 34.4 Å². The number of hydrogen-bond donors (Lipinski definition) is 1. The fourth-order valence-electron chi connectivity index (χ4n) is 3.52. The van der Waals surface area contributed by atoms with Crippen LogP contribution in [-0.4, -0.2) is 26.2 Å². The minimum absolute atomic E-state index is 0.139. The Balaban J connectivity index is 1.72. The van der Waals surface area contributed by atoms with Crippen LogP contribution in [0.3, 0.4) is 0 Å². The van der Waals surface area contributed by atoms with Gasteiger partial charge >= 0.3 is 0 Å². The second-order valence-corrected chi connectivity index (χ2v) is 7.06. The SMILES string of the molecule is Cc1cccnc1CCn1cnc(-c2ccccc2)c1-c1ccc(C#CCO)cc1. The third-order valence-corrected chi connectivity index (χ3v) is 5.06. The number of aromatic nitrogens is 3. The number of benzene rings is 2. The van der Waals surface area contributed by atoms with Crippen molar-refractivity contribution in [2.24, 2.45) is 0 Å². The molecule has 148 valence electrons. The van der Waals surface area contributed by atoms with Gasteiger partial charge in [0.15, 0.2) is 0 Å². The van der Waals surface area contributed by atoms with Gasteiger partial charge in [-0.1, -0.05) is 60.4 Å². The molecule has 0 radical (unpaired) electrons. The highest BCUT2D eigenvalue weighted by atomic mass is 16.2. The Labute approximate surface area is 176 Å². The Kier molecular flexibility index (Phi) is 6.03. The summed E-state index contributed by atoms with van der Waals surface area (Å²) >= 11 is 0. The lowest BCUT2D eigenvalue weighted by Gasteiger charge is -2.12. The zero-order valence-corrected chi connectivity index (χ0v) is 16.9. The Morgan fingerprint density at radius 1 is 0.900 bits per heavy atom. The maximum atomic E-state index is 8.91. The van der Waals surface area contributed by atoms with E-state index < -0.39 is 0 Å². The van der Waals surface area contributed by atoms with E-state index in [1.54, 1.807) is 0 Å². The van der Waals surface area contributed by atoms with Gasteiger partial charge in [0.25, 0.3) is 0 Å². The first kappa shape index (κ1) is 19.6. The normalized spacial score (nSPS) is 10.5. The number of rotatable bonds is 5. The minimum Gasteiger partial charge on any atom is -0.384 e. The molecule has 0 aliphatic carbocycles. The number of hydrogen-bond acceptors (Lipinski definition) is 3. The van der Waals surface area contributed by atoms with Gasteiger partial charge in [0.1, 0.15) is 6.61 Å². The van der Waals surface area contributed by atoms with Crippen molar-refractivity contribution in [2.45, 2.75) is 19.9 Å². The van der Waals surface area contributed by atoms with Crippen molar-refractivity contribution in [1.82, 2.24) is 14.5 Å². The van der Waals surface area contributed by atoms with Crippen molar-refractivity contribution >= 4 is 0 Å². The molecule has 0 bridgehead atoms. The Bertz CT molecular complexity index is 1180. The number of pyridine rings is 1. The summed E-state index contributed by atoms with van der Waals surface area (Å²) in [6.07, 6.45) is 4.60. The molecule has 0 amide bonds. The van der Waals surface area contributed by atoms with E-state index >= 15 is 0 Å². The molecule has 30 heavy (non-hydrogen) atoms. The van der Waals surface area contributed by atoms with E-state index in [0.29, 0.717) is 0 Å². The highest BCUT2D eigenvalue weighted by molar-refractivity contribution is 5.78. The van der Waals surface area contributed by atoms with Crippen molar-refractivity contribution in [1.29, 1.82) is 0 Å². The topological polar surface area (TPSA) is 50.9 Å². The van der Waals surface area contributed by atoms with E-state index in [-0.39, 0.29) is 6.61 Å². The van der Waals surface area contributed by atoms with Gasteiger partial charge in [-0.2, -0.15) is 0 Å². The van der Waals surface area contributed by atoms with Crippen LogP contribution in [0.1, 0.15) is 16.8 Å². The molecule has 4 aromatic rings. The highest BCUT2D eigenvalue weighted by Crippen LogP contribution is 2.31. The van der Waals surface area contributed by atoms with Gasteiger partial charge < -0.3 is 9.67 Å². The van der Waals surface area contributed by atoms with E-state index in [2.05, 4.69) is 58.6 Å². The van der Waals surface area contributed by atoms with Crippen LogP contribution in [0.4, 0.5) is 0 Å². The molecule has 0 aliphatic heterocycles. The molecular formula is C26H23N3O. The second-order valence-electron chi connectivity index (χ2n) is 7.06. The number of nitrogens with zero attached hydrogens (tertiary/aromatic N) is 3. The van der Waals surface area contributed by atoms with Gasteiger partial charge in [0.2, 0.25) is 0 Å². The van der Waals surface area contributed by atoms with E-state index in [1.165, 1.54) is 5.56 Å². The van der Waals surface area contributed by atoms with Crippen LogP contribution < -0.4 is 0 Å². The summed E-state index contributed by atoms with van der Waals surface area (Å²) in [5.74, 6) is 5.64. The maximum Gasteiger partial charge on any atom is 0.104 e. The molecule has 0 saturated heterocycles. The summed E-state index contributed by atoms with van der Waals surface area (Å²) in [5, 5.41) is 8.91. The molecule has 0 fully saturated rings. The first-order valence-corrected chi connectivity index (χ1v) is 9.97. The summed E-state index contributed by atoms with van der Waals surface area (Å²) in [7, 11) is 0. The van der Waals surface area contributed by atoms with Gasteiger partial charge in [0, 0.05) is 41.5 Å². The van der Waals surface area contributed by atoms with Crippen LogP contribution >= 0.6 is 0 Å². The molecule has 2 aromatic heterocycles. The van der Waals surface area contributed by atoms with Crippen molar-refractivity contribution in [2.75, 3.05) is 6.61 Å². The third kappa shape index (κ3) is 4.32.